The lowest BCUT2D eigenvalue weighted by Crippen LogP contribution is -2.53. The Bertz CT molecular complexity index is 607. The lowest BCUT2D eigenvalue weighted by atomic mass is 9.98. The Labute approximate surface area is 134 Å². The fraction of sp³-hybridized carbons (Fsp3) is 0.533. The van der Waals surface area contributed by atoms with Crippen LogP contribution in [0.25, 0.3) is 0 Å². The smallest absolute Gasteiger partial charge is 0.318 e. The minimum Gasteiger partial charge on any atom is -0.336 e. The van der Waals surface area contributed by atoms with E-state index in [-0.39, 0.29) is 30.1 Å². The maximum atomic E-state index is 12.6. The van der Waals surface area contributed by atoms with E-state index in [1.54, 1.807) is 17.2 Å². The molecule has 3 amide bonds. The zero-order chi connectivity index (χ0) is 15.9. The third-order valence-corrected chi connectivity index (χ3v) is 4.62. The van der Waals surface area contributed by atoms with Gasteiger partial charge in [0.15, 0.2) is 0 Å². The number of nitrogens with zero attached hydrogens (tertiary/aromatic N) is 3. The number of fused-ring (bicyclic) bond motifs is 1. The predicted octanol–water partition coefficient (Wildman–Crippen LogP) is 1.75. The molecule has 2 aliphatic heterocycles. The Morgan fingerprint density at radius 3 is 2.95 bits per heavy atom. The van der Waals surface area contributed by atoms with Crippen molar-refractivity contribution < 1.29 is 9.59 Å². The Hall–Kier alpha value is -1.82. The van der Waals surface area contributed by atoms with Crippen molar-refractivity contribution in [2.75, 3.05) is 13.1 Å². The minimum absolute atomic E-state index is 0.0202. The highest BCUT2D eigenvalue weighted by Gasteiger charge is 2.44. The summed E-state index contributed by atoms with van der Waals surface area (Å²) in [5.74, 6) is -0.108. The summed E-state index contributed by atoms with van der Waals surface area (Å²) >= 11 is 6.05. The van der Waals surface area contributed by atoms with Gasteiger partial charge in [-0.05, 0) is 26.3 Å². The fourth-order valence-electron chi connectivity index (χ4n) is 3.32. The molecule has 6 nitrogen and oxygen atoms in total. The van der Waals surface area contributed by atoms with Crippen LogP contribution in [0, 0.1) is 0 Å². The van der Waals surface area contributed by atoms with Gasteiger partial charge in [0.05, 0.1) is 22.7 Å². The normalized spacial score (nSPS) is 24.5. The molecule has 3 rings (SSSR count). The molecule has 22 heavy (non-hydrogen) atoms. The first-order valence-electron chi connectivity index (χ1n) is 7.46. The maximum absolute atomic E-state index is 12.6. The van der Waals surface area contributed by atoms with Crippen LogP contribution in [0.4, 0.5) is 4.79 Å². The zero-order valence-corrected chi connectivity index (χ0v) is 13.4. The summed E-state index contributed by atoms with van der Waals surface area (Å²) in [5, 5.41) is 3.34. The molecule has 3 heterocycles. The summed E-state index contributed by atoms with van der Waals surface area (Å²) in [6.45, 7) is 5.15. The fourth-order valence-corrected chi connectivity index (χ4v) is 3.52. The SMILES string of the molecule is CC(C)N1C(=O)N[C@@H]2CN(C(=O)c3ccncc3Cl)CC[C@@H]21. The van der Waals surface area contributed by atoms with E-state index in [4.69, 9.17) is 11.6 Å². The lowest BCUT2D eigenvalue weighted by Gasteiger charge is -2.38. The lowest BCUT2D eigenvalue weighted by molar-refractivity contribution is 0.0645. The van der Waals surface area contributed by atoms with Crippen LogP contribution >= 0.6 is 11.6 Å². The van der Waals surface area contributed by atoms with Crippen LogP contribution in [0.15, 0.2) is 18.5 Å². The number of urea groups is 1. The summed E-state index contributed by atoms with van der Waals surface area (Å²) in [7, 11) is 0. The summed E-state index contributed by atoms with van der Waals surface area (Å²) < 4.78 is 0. The van der Waals surface area contributed by atoms with E-state index >= 15 is 0 Å². The van der Waals surface area contributed by atoms with Crippen molar-refractivity contribution >= 4 is 23.5 Å². The van der Waals surface area contributed by atoms with Crippen LogP contribution in [0.1, 0.15) is 30.6 Å². The van der Waals surface area contributed by atoms with Gasteiger partial charge in [-0.15, -0.1) is 0 Å². The van der Waals surface area contributed by atoms with E-state index in [9.17, 15) is 9.59 Å². The maximum Gasteiger partial charge on any atom is 0.318 e. The van der Waals surface area contributed by atoms with Crippen molar-refractivity contribution in [3.63, 3.8) is 0 Å². The number of pyridine rings is 1. The molecule has 0 aliphatic carbocycles. The monoisotopic (exact) mass is 322 g/mol. The molecule has 0 saturated carbocycles. The predicted molar refractivity (Wildman–Crippen MR) is 82.9 cm³/mol. The molecule has 1 N–H and O–H groups in total. The number of likely N-dealkylation sites (tertiary alicyclic amines) is 1. The molecule has 0 unspecified atom stereocenters. The number of carbonyl (C=O) groups excluding carboxylic acids is 2. The number of piperidine rings is 1. The molecule has 7 heteroatoms. The first-order chi connectivity index (χ1) is 10.5. The van der Waals surface area contributed by atoms with Crippen molar-refractivity contribution in [1.29, 1.82) is 0 Å². The van der Waals surface area contributed by atoms with Crippen molar-refractivity contribution in [3.05, 3.63) is 29.0 Å². The average molecular weight is 323 g/mol. The van der Waals surface area contributed by atoms with Crippen LogP contribution in [0.2, 0.25) is 5.02 Å². The van der Waals surface area contributed by atoms with E-state index in [1.165, 1.54) is 6.20 Å². The summed E-state index contributed by atoms with van der Waals surface area (Å²) in [5.41, 5.74) is 0.458. The third kappa shape index (κ3) is 2.52. The number of carbonyl (C=O) groups is 2. The third-order valence-electron chi connectivity index (χ3n) is 4.32. The van der Waals surface area contributed by atoms with Gasteiger partial charge in [-0.3, -0.25) is 9.78 Å². The number of hydrogen-bond acceptors (Lipinski definition) is 3. The number of rotatable bonds is 2. The molecule has 0 bridgehead atoms. The van der Waals surface area contributed by atoms with Crippen LogP contribution in [-0.2, 0) is 0 Å². The Balaban J connectivity index is 1.75. The van der Waals surface area contributed by atoms with Crippen LogP contribution in [0.3, 0.4) is 0 Å². The Morgan fingerprint density at radius 1 is 1.50 bits per heavy atom. The van der Waals surface area contributed by atoms with E-state index in [0.29, 0.717) is 23.7 Å². The van der Waals surface area contributed by atoms with Gasteiger partial charge in [-0.25, -0.2) is 4.79 Å². The molecule has 118 valence electrons. The van der Waals surface area contributed by atoms with E-state index in [0.717, 1.165) is 6.42 Å². The van der Waals surface area contributed by atoms with Gasteiger partial charge in [-0.2, -0.15) is 0 Å². The molecular weight excluding hydrogens is 304 g/mol. The highest BCUT2D eigenvalue weighted by atomic mass is 35.5. The Kier molecular flexibility index (Phi) is 3.95. The molecular formula is C15H19ClN4O2. The summed E-state index contributed by atoms with van der Waals surface area (Å²) in [6, 6.07) is 1.88. The Morgan fingerprint density at radius 2 is 2.27 bits per heavy atom. The second-order valence-electron chi connectivity index (χ2n) is 6.02. The van der Waals surface area contributed by atoms with Gasteiger partial charge in [0, 0.05) is 31.5 Å². The molecule has 2 aliphatic rings. The van der Waals surface area contributed by atoms with Crippen LogP contribution in [-0.4, -0.2) is 57.9 Å². The molecule has 2 fully saturated rings. The zero-order valence-electron chi connectivity index (χ0n) is 12.6. The van der Waals surface area contributed by atoms with E-state index in [2.05, 4.69) is 10.3 Å². The van der Waals surface area contributed by atoms with Crippen molar-refractivity contribution in [1.82, 2.24) is 20.1 Å². The van der Waals surface area contributed by atoms with Crippen LogP contribution in [0.5, 0.6) is 0 Å². The largest absolute Gasteiger partial charge is 0.336 e. The molecule has 0 spiro atoms. The topological polar surface area (TPSA) is 65.5 Å². The second-order valence-corrected chi connectivity index (χ2v) is 6.43. The quantitative estimate of drug-likeness (QED) is 0.902. The molecule has 2 atom stereocenters. The van der Waals surface area contributed by atoms with Gasteiger partial charge in [-0.1, -0.05) is 11.6 Å². The average Bonchev–Trinajstić information content (AvgIpc) is 2.82. The minimum atomic E-state index is -0.108. The summed E-state index contributed by atoms with van der Waals surface area (Å²) in [4.78, 5) is 32.2. The number of hydrogen-bond donors (Lipinski definition) is 1. The van der Waals surface area contributed by atoms with Gasteiger partial charge in [0.25, 0.3) is 5.91 Å². The molecule has 1 aromatic heterocycles. The first-order valence-corrected chi connectivity index (χ1v) is 7.84. The number of halogens is 1. The van der Waals surface area contributed by atoms with Gasteiger partial charge >= 0.3 is 6.03 Å². The van der Waals surface area contributed by atoms with E-state index in [1.807, 2.05) is 18.7 Å². The standard InChI is InChI=1S/C15H19ClN4O2/c1-9(2)20-13-4-6-19(8-12(13)18-15(20)22)14(21)10-3-5-17-7-11(10)16/h3,5,7,9,12-13H,4,6,8H2,1-2H3,(H,18,22)/t12-,13+/m1/s1. The first kappa shape index (κ1) is 15.1. The van der Waals surface area contributed by atoms with Gasteiger partial charge < -0.3 is 15.1 Å². The van der Waals surface area contributed by atoms with Crippen molar-refractivity contribution in [2.45, 2.75) is 38.4 Å². The molecule has 0 aromatic carbocycles. The molecule has 0 radical (unpaired) electrons. The number of amides is 3. The van der Waals surface area contributed by atoms with Crippen molar-refractivity contribution in [3.8, 4) is 0 Å². The van der Waals surface area contributed by atoms with Crippen molar-refractivity contribution in [2.24, 2.45) is 0 Å². The number of nitrogens with one attached hydrogen (secondary N) is 1. The molecule has 1 aromatic rings. The highest BCUT2D eigenvalue weighted by molar-refractivity contribution is 6.33. The second kappa shape index (κ2) is 5.76. The molecule has 2 saturated heterocycles. The van der Waals surface area contributed by atoms with Crippen LogP contribution < -0.4 is 5.32 Å². The van der Waals surface area contributed by atoms with E-state index < -0.39 is 0 Å². The van der Waals surface area contributed by atoms with Gasteiger partial charge in [0.1, 0.15) is 0 Å². The summed E-state index contributed by atoms with van der Waals surface area (Å²) in [6.07, 6.45) is 3.80. The highest BCUT2D eigenvalue weighted by Crippen LogP contribution is 2.26. The van der Waals surface area contributed by atoms with Gasteiger partial charge in [0.2, 0.25) is 0 Å². The number of aromatic nitrogens is 1.